The Kier molecular flexibility index (Phi) is 6.75. The highest BCUT2D eigenvalue weighted by atomic mass is 16.5. The third-order valence-corrected chi connectivity index (χ3v) is 5.89. The molecule has 1 aliphatic heterocycles. The molecule has 0 atom stereocenters. The molecule has 0 N–H and O–H groups in total. The number of hydrogen-bond acceptors (Lipinski definition) is 3. The van der Waals surface area contributed by atoms with E-state index in [1.807, 2.05) is 34.9 Å². The normalized spacial score (nSPS) is 18.9. The van der Waals surface area contributed by atoms with Crippen molar-refractivity contribution in [3.05, 3.63) is 29.3 Å². The van der Waals surface area contributed by atoms with Crippen LogP contribution in [0.5, 0.6) is 5.75 Å². The van der Waals surface area contributed by atoms with Crippen LogP contribution >= 0.6 is 0 Å². The fourth-order valence-electron chi connectivity index (χ4n) is 4.32. The van der Waals surface area contributed by atoms with E-state index in [9.17, 15) is 9.59 Å². The van der Waals surface area contributed by atoms with E-state index in [0.29, 0.717) is 25.4 Å². The maximum absolute atomic E-state index is 12.8. The number of amides is 2. The summed E-state index contributed by atoms with van der Waals surface area (Å²) in [6, 6.07) is 5.94. The molecule has 1 saturated heterocycles. The summed E-state index contributed by atoms with van der Waals surface area (Å²) < 4.78 is 5.41. The first-order chi connectivity index (χ1) is 13.1. The Morgan fingerprint density at radius 3 is 2.44 bits per heavy atom. The molecule has 0 spiro atoms. The van der Waals surface area contributed by atoms with Crippen LogP contribution in [0.4, 0.5) is 0 Å². The second-order valence-corrected chi connectivity index (χ2v) is 7.89. The number of nitrogens with zero attached hydrogens (tertiary/aromatic N) is 2. The van der Waals surface area contributed by atoms with Gasteiger partial charge in [-0.05, 0) is 32.3 Å². The van der Waals surface area contributed by atoms with Gasteiger partial charge in [-0.2, -0.15) is 0 Å². The van der Waals surface area contributed by atoms with E-state index < -0.39 is 0 Å². The van der Waals surface area contributed by atoms with Crippen molar-refractivity contribution in [3.63, 3.8) is 0 Å². The van der Waals surface area contributed by atoms with Crippen molar-refractivity contribution in [2.75, 3.05) is 33.3 Å². The average molecular weight is 373 g/mol. The molecule has 2 fully saturated rings. The summed E-state index contributed by atoms with van der Waals surface area (Å²) in [4.78, 5) is 29.6. The van der Waals surface area contributed by atoms with E-state index in [2.05, 4.69) is 0 Å². The molecule has 1 heterocycles. The summed E-state index contributed by atoms with van der Waals surface area (Å²) in [5.41, 5.74) is 2.06. The van der Waals surface area contributed by atoms with Gasteiger partial charge in [0.15, 0.2) is 0 Å². The van der Waals surface area contributed by atoms with E-state index in [1.54, 1.807) is 7.11 Å². The summed E-state index contributed by atoms with van der Waals surface area (Å²) in [6.07, 6.45) is 6.88. The number of methoxy groups -OCH3 is 1. The number of hydrogen-bond donors (Lipinski definition) is 0. The van der Waals surface area contributed by atoms with E-state index in [-0.39, 0.29) is 11.8 Å². The largest absolute Gasteiger partial charge is 0.496 e. The second kappa shape index (κ2) is 9.25. The first-order valence-electron chi connectivity index (χ1n) is 10.3. The van der Waals surface area contributed by atoms with Crippen LogP contribution < -0.4 is 4.74 Å². The fourth-order valence-corrected chi connectivity index (χ4v) is 4.32. The molecule has 2 aliphatic rings. The van der Waals surface area contributed by atoms with Crippen LogP contribution in [0, 0.1) is 12.8 Å². The number of benzene rings is 1. The Morgan fingerprint density at radius 2 is 1.70 bits per heavy atom. The summed E-state index contributed by atoms with van der Waals surface area (Å²) in [6.45, 7) is 4.81. The lowest BCUT2D eigenvalue weighted by Crippen LogP contribution is -2.40. The summed E-state index contributed by atoms with van der Waals surface area (Å²) >= 11 is 0. The van der Waals surface area contributed by atoms with Gasteiger partial charge in [-0.3, -0.25) is 9.59 Å². The molecule has 1 aromatic carbocycles. The van der Waals surface area contributed by atoms with Crippen molar-refractivity contribution in [3.8, 4) is 5.75 Å². The van der Waals surface area contributed by atoms with Gasteiger partial charge in [0.2, 0.25) is 11.8 Å². The molecule has 3 rings (SSSR count). The molecule has 0 radical (unpaired) electrons. The molecule has 1 aliphatic carbocycles. The quantitative estimate of drug-likeness (QED) is 0.816. The highest BCUT2D eigenvalue weighted by molar-refractivity contribution is 5.81. The molecule has 5 heteroatoms. The van der Waals surface area contributed by atoms with Crippen LogP contribution in [-0.4, -0.2) is 54.9 Å². The number of aryl methyl sites for hydroxylation is 1. The number of carbonyl (C=O) groups is 2. The lowest BCUT2D eigenvalue weighted by Gasteiger charge is -2.28. The zero-order valence-corrected chi connectivity index (χ0v) is 16.7. The molecule has 5 nitrogen and oxygen atoms in total. The maximum Gasteiger partial charge on any atom is 0.227 e. The Bertz CT molecular complexity index is 668. The average Bonchev–Trinajstić information content (AvgIpc) is 2.94. The summed E-state index contributed by atoms with van der Waals surface area (Å²) in [5, 5.41) is 0. The maximum atomic E-state index is 12.8. The predicted molar refractivity (Wildman–Crippen MR) is 106 cm³/mol. The standard InChI is InChI=1S/C22H32N2O3/c1-17-9-10-20(27-2)19(15-17)16-21(25)23-11-6-12-24(14-13-23)22(26)18-7-4-3-5-8-18/h9-10,15,18H,3-8,11-14,16H2,1-2H3. The minimum absolute atomic E-state index is 0.117. The first kappa shape index (κ1) is 19.7. The van der Waals surface area contributed by atoms with Crippen molar-refractivity contribution in [1.29, 1.82) is 0 Å². The highest BCUT2D eigenvalue weighted by Gasteiger charge is 2.28. The predicted octanol–water partition coefficient (Wildman–Crippen LogP) is 3.19. The Hall–Kier alpha value is -2.04. The second-order valence-electron chi connectivity index (χ2n) is 7.89. The van der Waals surface area contributed by atoms with E-state index in [4.69, 9.17) is 4.74 Å². The van der Waals surface area contributed by atoms with Gasteiger partial charge in [-0.15, -0.1) is 0 Å². The Morgan fingerprint density at radius 1 is 1.00 bits per heavy atom. The molecular weight excluding hydrogens is 340 g/mol. The van der Waals surface area contributed by atoms with Crippen LogP contribution in [0.1, 0.15) is 49.7 Å². The molecule has 0 unspecified atom stereocenters. The Labute approximate surface area is 162 Å². The molecule has 27 heavy (non-hydrogen) atoms. The van der Waals surface area contributed by atoms with Crippen molar-refractivity contribution in [1.82, 2.24) is 9.80 Å². The highest BCUT2D eigenvalue weighted by Crippen LogP contribution is 2.26. The molecular formula is C22H32N2O3. The van der Waals surface area contributed by atoms with Crippen molar-refractivity contribution in [2.45, 2.75) is 51.9 Å². The van der Waals surface area contributed by atoms with Crippen LogP contribution in [0.3, 0.4) is 0 Å². The van der Waals surface area contributed by atoms with Crippen molar-refractivity contribution >= 4 is 11.8 Å². The molecule has 0 bridgehead atoms. The van der Waals surface area contributed by atoms with Gasteiger partial charge in [0.1, 0.15) is 5.75 Å². The van der Waals surface area contributed by atoms with Crippen LogP contribution in [-0.2, 0) is 16.0 Å². The zero-order valence-electron chi connectivity index (χ0n) is 16.7. The lowest BCUT2D eigenvalue weighted by molar-refractivity contribution is -0.137. The van der Waals surface area contributed by atoms with Gasteiger partial charge in [0, 0.05) is 37.7 Å². The number of ether oxygens (including phenoxy) is 1. The van der Waals surface area contributed by atoms with Crippen LogP contribution in [0.25, 0.3) is 0 Å². The SMILES string of the molecule is COc1ccc(C)cc1CC(=O)N1CCCN(C(=O)C2CCCCC2)CC1. The summed E-state index contributed by atoms with van der Waals surface area (Å²) in [5.74, 6) is 1.39. The summed E-state index contributed by atoms with van der Waals surface area (Å²) in [7, 11) is 1.64. The van der Waals surface area contributed by atoms with E-state index in [0.717, 1.165) is 49.2 Å². The van der Waals surface area contributed by atoms with Gasteiger partial charge < -0.3 is 14.5 Å². The van der Waals surface area contributed by atoms with Crippen LogP contribution in [0.2, 0.25) is 0 Å². The van der Waals surface area contributed by atoms with Crippen LogP contribution in [0.15, 0.2) is 18.2 Å². The third kappa shape index (κ3) is 5.02. The van der Waals surface area contributed by atoms with Gasteiger partial charge in [0.05, 0.1) is 13.5 Å². The number of rotatable bonds is 4. The van der Waals surface area contributed by atoms with Crippen molar-refractivity contribution < 1.29 is 14.3 Å². The molecule has 1 saturated carbocycles. The fraction of sp³-hybridized carbons (Fsp3) is 0.636. The third-order valence-electron chi connectivity index (χ3n) is 5.89. The van der Waals surface area contributed by atoms with Gasteiger partial charge >= 0.3 is 0 Å². The first-order valence-corrected chi connectivity index (χ1v) is 10.3. The zero-order chi connectivity index (χ0) is 19.2. The van der Waals surface area contributed by atoms with Gasteiger partial charge in [-0.1, -0.05) is 37.0 Å². The minimum atomic E-state index is 0.117. The molecule has 0 aromatic heterocycles. The molecule has 1 aromatic rings. The van der Waals surface area contributed by atoms with E-state index in [1.165, 1.54) is 19.3 Å². The van der Waals surface area contributed by atoms with Gasteiger partial charge in [-0.25, -0.2) is 0 Å². The van der Waals surface area contributed by atoms with Crippen molar-refractivity contribution in [2.24, 2.45) is 5.92 Å². The topological polar surface area (TPSA) is 49.9 Å². The van der Waals surface area contributed by atoms with Gasteiger partial charge in [0.25, 0.3) is 0 Å². The van der Waals surface area contributed by atoms with E-state index >= 15 is 0 Å². The molecule has 148 valence electrons. The number of carbonyl (C=O) groups excluding carboxylic acids is 2. The Balaban J connectivity index is 1.58. The monoisotopic (exact) mass is 372 g/mol. The smallest absolute Gasteiger partial charge is 0.227 e. The minimum Gasteiger partial charge on any atom is -0.496 e. The molecule has 2 amide bonds. The lowest BCUT2D eigenvalue weighted by atomic mass is 9.88.